The van der Waals surface area contributed by atoms with E-state index >= 15 is 0 Å². The van der Waals surface area contributed by atoms with Crippen molar-refractivity contribution in [3.63, 3.8) is 0 Å². The maximum atomic E-state index is 13.1. The Morgan fingerprint density at radius 1 is 1.30 bits per heavy atom. The van der Waals surface area contributed by atoms with E-state index in [0.29, 0.717) is 17.0 Å². The first kappa shape index (κ1) is 18.5. The number of aromatic nitrogens is 2. The number of methoxy groups -OCH3 is 1. The topological polar surface area (TPSA) is 64.7 Å². The van der Waals surface area contributed by atoms with E-state index in [4.69, 9.17) is 4.74 Å². The van der Waals surface area contributed by atoms with Crippen LogP contribution in [0, 0.1) is 0 Å². The molecule has 3 rings (SSSR count). The van der Waals surface area contributed by atoms with Crippen molar-refractivity contribution in [1.82, 2.24) is 14.3 Å². The molecule has 0 bridgehead atoms. The van der Waals surface area contributed by atoms with Gasteiger partial charge < -0.3 is 14.5 Å². The van der Waals surface area contributed by atoms with E-state index in [0.717, 1.165) is 11.1 Å². The zero-order chi connectivity index (χ0) is 19.6. The quantitative estimate of drug-likeness (QED) is 0.730. The highest BCUT2D eigenvalue weighted by molar-refractivity contribution is 5.77. The number of ether oxygens (including phenoxy) is 1. The molecule has 0 atom stereocenters. The number of amides is 1. The zero-order valence-corrected chi connectivity index (χ0v) is 15.7. The summed E-state index contributed by atoms with van der Waals surface area (Å²) in [5.74, 6) is 0.466. The highest BCUT2D eigenvalue weighted by atomic mass is 16.5. The lowest BCUT2D eigenvalue weighted by molar-refractivity contribution is -0.122. The summed E-state index contributed by atoms with van der Waals surface area (Å²) < 4.78 is 8.57. The van der Waals surface area contributed by atoms with Gasteiger partial charge in [-0.2, -0.15) is 0 Å². The Morgan fingerprint density at radius 2 is 2.07 bits per heavy atom. The van der Waals surface area contributed by atoms with Crippen LogP contribution in [0.5, 0.6) is 5.75 Å². The number of carbonyl (C=O) groups is 1. The van der Waals surface area contributed by atoms with Crippen molar-refractivity contribution in [2.45, 2.75) is 26.4 Å². The maximum Gasteiger partial charge on any atom is 0.275 e. The van der Waals surface area contributed by atoms with Crippen molar-refractivity contribution < 1.29 is 9.53 Å². The van der Waals surface area contributed by atoms with Crippen LogP contribution in [0.2, 0.25) is 0 Å². The van der Waals surface area contributed by atoms with Crippen LogP contribution in [0.3, 0.4) is 0 Å². The van der Waals surface area contributed by atoms with Crippen LogP contribution in [-0.4, -0.2) is 28.0 Å². The van der Waals surface area contributed by atoms with Gasteiger partial charge in [-0.1, -0.05) is 24.8 Å². The van der Waals surface area contributed by atoms with Crippen LogP contribution in [0.1, 0.15) is 19.4 Å². The summed E-state index contributed by atoms with van der Waals surface area (Å²) in [6.07, 6.45) is 5.38. The van der Waals surface area contributed by atoms with Crippen LogP contribution < -0.4 is 15.6 Å². The molecule has 140 valence electrons. The molecule has 0 aliphatic heterocycles. The van der Waals surface area contributed by atoms with Gasteiger partial charge in [0, 0.05) is 24.0 Å². The summed E-state index contributed by atoms with van der Waals surface area (Å²) in [6.45, 7) is 7.47. The van der Waals surface area contributed by atoms with Gasteiger partial charge >= 0.3 is 0 Å². The zero-order valence-electron chi connectivity index (χ0n) is 15.7. The number of benzene rings is 1. The maximum absolute atomic E-state index is 13.1. The lowest BCUT2D eigenvalue weighted by atomic mass is 10.1. The minimum absolute atomic E-state index is 0.00197. The number of hydrogen-bond donors (Lipinski definition) is 1. The fraction of sp³-hybridized carbons (Fsp3) is 0.238. The molecule has 0 aliphatic carbocycles. The minimum atomic E-state index is -0.234. The number of nitrogens with zero attached hydrogens (tertiary/aromatic N) is 2. The first-order valence-corrected chi connectivity index (χ1v) is 8.74. The van der Waals surface area contributed by atoms with E-state index in [-0.39, 0.29) is 24.1 Å². The lowest BCUT2D eigenvalue weighted by Crippen LogP contribution is -2.36. The second-order valence-corrected chi connectivity index (χ2v) is 6.63. The van der Waals surface area contributed by atoms with E-state index in [2.05, 4.69) is 11.9 Å². The van der Waals surface area contributed by atoms with Gasteiger partial charge in [-0.15, -0.1) is 0 Å². The van der Waals surface area contributed by atoms with Crippen molar-refractivity contribution in [3.05, 3.63) is 65.2 Å². The Labute approximate surface area is 157 Å². The smallest absolute Gasteiger partial charge is 0.275 e. The highest BCUT2D eigenvalue weighted by Crippen LogP contribution is 2.24. The first-order chi connectivity index (χ1) is 12.9. The Balaban J connectivity index is 2.22. The fourth-order valence-corrected chi connectivity index (χ4v) is 3.02. The van der Waals surface area contributed by atoms with Gasteiger partial charge in [0.15, 0.2) is 0 Å². The number of rotatable bonds is 6. The van der Waals surface area contributed by atoms with E-state index in [9.17, 15) is 9.59 Å². The van der Waals surface area contributed by atoms with E-state index < -0.39 is 0 Å². The second-order valence-electron chi connectivity index (χ2n) is 6.63. The minimum Gasteiger partial charge on any atom is -0.497 e. The molecule has 0 saturated carbocycles. The van der Waals surface area contributed by atoms with Gasteiger partial charge in [0.25, 0.3) is 5.56 Å². The average Bonchev–Trinajstić information content (AvgIpc) is 3.07. The van der Waals surface area contributed by atoms with E-state index in [1.807, 2.05) is 50.5 Å². The van der Waals surface area contributed by atoms with Crippen LogP contribution >= 0.6 is 0 Å². The van der Waals surface area contributed by atoms with Crippen molar-refractivity contribution in [3.8, 4) is 17.0 Å². The van der Waals surface area contributed by atoms with Crippen LogP contribution in [0.4, 0.5) is 0 Å². The predicted octanol–water partition coefficient (Wildman–Crippen LogP) is 2.94. The monoisotopic (exact) mass is 365 g/mol. The van der Waals surface area contributed by atoms with Gasteiger partial charge in [0.1, 0.15) is 17.8 Å². The van der Waals surface area contributed by atoms with Crippen molar-refractivity contribution in [2.24, 2.45) is 0 Å². The average molecular weight is 365 g/mol. The Hall–Kier alpha value is -3.28. The molecule has 1 aromatic carbocycles. The van der Waals surface area contributed by atoms with Gasteiger partial charge in [0.05, 0.1) is 12.8 Å². The molecule has 6 heteroatoms. The third kappa shape index (κ3) is 3.79. The number of nitrogens with one attached hydrogen (secondary N) is 1. The molecule has 1 N–H and O–H groups in total. The molecule has 2 aromatic heterocycles. The Kier molecular flexibility index (Phi) is 5.16. The third-order valence-corrected chi connectivity index (χ3v) is 4.24. The van der Waals surface area contributed by atoms with Gasteiger partial charge in [-0.05, 0) is 37.6 Å². The molecule has 3 aromatic rings. The molecule has 0 fully saturated rings. The molecule has 27 heavy (non-hydrogen) atoms. The molecule has 1 amide bonds. The third-order valence-electron chi connectivity index (χ3n) is 4.24. The summed E-state index contributed by atoms with van der Waals surface area (Å²) in [5, 5.41) is 2.84. The summed E-state index contributed by atoms with van der Waals surface area (Å²) in [7, 11) is 1.59. The van der Waals surface area contributed by atoms with E-state index in [1.54, 1.807) is 23.7 Å². The molecule has 0 radical (unpaired) electrons. The molecule has 0 saturated heterocycles. The summed E-state index contributed by atoms with van der Waals surface area (Å²) >= 11 is 0. The summed E-state index contributed by atoms with van der Waals surface area (Å²) in [5.41, 5.74) is 2.53. The summed E-state index contributed by atoms with van der Waals surface area (Å²) in [6, 6.07) is 9.18. The van der Waals surface area contributed by atoms with Gasteiger partial charge in [-0.3, -0.25) is 14.2 Å². The van der Waals surface area contributed by atoms with Crippen molar-refractivity contribution in [2.75, 3.05) is 7.11 Å². The molecule has 0 aliphatic rings. The van der Waals surface area contributed by atoms with Crippen LogP contribution in [0.15, 0.2) is 54.1 Å². The summed E-state index contributed by atoms with van der Waals surface area (Å²) in [4.78, 5) is 25.5. The first-order valence-electron chi connectivity index (χ1n) is 8.74. The Morgan fingerprint density at radius 3 is 2.74 bits per heavy atom. The standard InChI is InChI=1S/C21H23N3O3/c1-5-15-9-18-21(26)24(13-20(25)22-14(2)3)19(12-23(18)11-15)16-7-6-8-17(10-16)27-4/h5-12,14H,1,13H2,2-4H3,(H,22,25). The fourth-order valence-electron chi connectivity index (χ4n) is 3.02. The van der Waals surface area contributed by atoms with Gasteiger partial charge in [0.2, 0.25) is 5.91 Å². The van der Waals surface area contributed by atoms with Crippen LogP contribution in [-0.2, 0) is 11.3 Å². The Bertz CT molecular complexity index is 1060. The molecular formula is C21H23N3O3. The molecule has 0 spiro atoms. The molecule has 0 unspecified atom stereocenters. The SMILES string of the molecule is C=Cc1cc2c(=O)n(CC(=O)NC(C)C)c(-c3cccc(OC)c3)cn2c1. The normalized spacial score (nSPS) is 11.0. The molecular weight excluding hydrogens is 342 g/mol. The lowest BCUT2D eigenvalue weighted by Gasteiger charge is -2.16. The van der Waals surface area contributed by atoms with Crippen LogP contribution in [0.25, 0.3) is 22.9 Å². The number of hydrogen-bond acceptors (Lipinski definition) is 3. The number of fused-ring (bicyclic) bond motifs is 1. The largest absolute Gasteiger partial charge is 0.497 e. The van der Waals surface area contributed by atoms with Gasteiger partial charge in [-0.25, -0.2) is 0 Å². The van der Waals surface area contributed by atoms with Crippen molar-refractivity contribution >= 4 is 17.5 Å². The molecule has 6 nitrogen and oxygen atoms in total. The second kappa shape index (κ2) is 7.53. The predicted molar refractivity (Wildman–Crippen MR) is 107 cm³/mol. The van der Waals surface area contributed by atoms with E-state index in [1.165, 1.54) is 4.57 Å². The highest BCUT2D eigenvalue weighted by Gasteiger charge is 2.16. The number of carbonyl (C=O) groups excluding carboxylic acids is 1. The van der Waals surface area contributed by atoms with Crippen molar-refractivity contribution in [1.29, 1.82) is 0 Å². The molecule has 2 heterocycles.